The molecule has 2 atom stereocenters. The summed E-state index contributed by atoms with van der Waals surface area (Å²) in [4.78, 5) is 24.1. The summed E-state index contributed by atoms with van der Waals surface area (Å²) in [6, 6.07) is 0. The Morgan fingerprint density at radius 3 is 2.06 bits per heavy atom. The minimum Gasteiger partial charge on any atom is -0.468 e. The van der Waals surface area contributed by atoms with Gasteiger partial charge in [0, 0.05) is 5.92 Å². The quantitative estimate of drug-likeness (QED) is 0.420. The first kappa shape index (κ1) is 13.7. The van der Waals surface area contributed by atoms with Crippen molar-refractivity contribution in [2.24, 2.45) is 17.3 Å². The van der Waals surface area contributed by atoms with E-state index in [9.17, 15) is 9.59 Å². The highest BCUT2D eigenvalue weighted by Gasteiger charge is 2.57. The lowest BCUT2D eigenvalue weighted by atomic mass is 9.62. The highest BCUT2D eigenvalue weighted by Crippen LogP contribution is 2.46. The monoisotopic (exact) mass is 240 g/mol. The lowest BCUT2D eigenvalue weighted by Crippen LogP contribution is -2.52. The predicted octanol–water partition coefficient (Wildman–Crippen LogP) is 1.94. The highest BCUT2D eigenvalue weighted by molar-refractivity contribution is 6.01. The first-order valence-corrected chi connectivity index (χ1v) is 5.75. The van der Waals surface area contributed by atoms with E-state index in [0.717, 1.165) is 0 Å². The van der Waals surface area contributed by atoms with Crippen molar-refractivity contribution in [3.63, 3.8) is 0 Å². The molecule has 17 heavy (non-hydrogen) atoms. The lowest BCUT2D eigenvalue weighted by molar-refractivity contribution is -0.177. The molecule has 0 N–H and O–H groups in total. The van der Waals surface area contributed by atoms with Gasteiger partial charge in [0.15, 0.2) is 5.41 Å². The molecule has 0 spiro atoms. The lowest BCUT2D eigenvalue weighted by Gasteiger charge is -2.40. The van der Waals surface area contributed by atoms with E-state index in [1.165, 1.54) is 19.8 Å². The molecule has 0 aliphatic heterocycles. The third kappa shape index (κ3) is 1.96. The Bertz CT molecular complexity index is 340. The molecule has 2 unspecified atom stereocenters. The third-order valence-corrected chi connectivity index (χ3v) is 3.70. The molecule has 0 aromatic carbocycles. The summed E-state index contributed by atoms with van der Waals surface area (Å²) in [5, 5.41) is 0. The standard InChI is InChI=1S/C13H20O4/c1-8-6-9(2)13(10(3)7-8,11(14)16-4)12(15)17-5/h6,9-10H,7H2,1-5H3. The first-order chi connectivity index (χ1) is 7.91. The molecular weight excluding hydrogens is 220 g/mol. The van der Waals surface area contributed by atoms with Crippen molar-refractivity contribution in [3.05, 3.63) is 11.6 Å². The van der Waals surface area contributed by atoms with E-state index < -0.39 is 17.4 Å². The fourth-order valence-corrected chi connectivity index (χ4v) is 2.91. The van der Waals surface area contributed by atoms with Crippen LogP contribution in [0.5, 0.6) is 0 Å². The fourth-order valence-electron chi connectivity index (χ4n) is 2.91. The molecule has 4 nitrogen and oxygen atoms in total. The summed E-state index contributed by atoms with van der Waals surface area (Å²) in [5.41, 5.74) is -0.0170. The van der Waals surface area contributed by atoms with Gasteiger partial charge in [-0.1, -0.05) is 25.5 Å². The van der Waals surface area contributed by atoms with Crippen LogP contribution in [0, 0.1) is 17.3 Å². The maximum atomic E-state index is 12.1. The Morgan fingerprint density at radius 2 is 1.71 bits per heavy atom. The van der Waals surface area contributed by atoms with Gasteiger partial charge in [-0.05, 0) is 19.3 Å². The van der Waals surface area contributed by atoms with Crippen molar-refractivity contribution >= 4 is 11.9 Å². The zero-order chi connectivity index (χ0) is 13.2. The van der Waals surface area contributed by atoms with Crippen molar-refractivity contribution in [2.45, 2.75) is 27.2 Å². The number of ether oxygens (including phenoxy) is 2. The van der Waals surface area contributed by atoms with Crippen molar-refractivity contribution in [3.8, 4) is 0 Å². The van der Waals surface area contributed by atoms with E-state index in [0.29, 0.717) is 6.42 Å². The first-order valence-electron chi connectivity index (χ1n) is 5.75. The molecule has 1 aliphatic rings. The number of esters is 2. The molecule has 0 radical (unpaired) electrons. The highest BCUT2D eigenvalue weighted by atomic mass is 16.5. The second kappa shape index (κ2) is 4.90. The molecule has 0 bridgehead atoms. The summed E-state index contributed by atoms with van der Waals surface area (Å²) in [6.45, 7) is 5.75. The van der Waals surface area contributed by atoms with Crippen molar-refractivity contribution < 1.29 is 19.1 Å². The van der Waals surface area contributed by atoms with Gasteiger partial charge < -0.3 is 9.47 Å². The second-order valence-electron chi connectivity index (χ2n) is 4.76. The maximum Gasteiger partial charge on any atom is 0.324 e. The Labute approximate surface area is 102 Å². The summed E-state index contributed by atoms with van der Waals surface area (Å²) in [7, 11) is 2.61. The third-order valence-electron chi connectivity index (χ3n) is 3.70. The number of hydrogen-bond acceptors (Lipinski definition) is 4. The molecule has 0 heterocycles. The number of hydrogen-bond donors (Lipinski definition) is 0. The molecule has 1 aliphatic carbocycles. The largest absolute Gasteiger partial charge is 0.468 e. The Hall–Kier alpha value is -1.32. The van der Waals surface area contributed by atoms with Gasteiger partial charge in [-0.25, -0.2) is 0 Å². The van der Waals surface area contributed by atoms with Gasteiger partial charge in [0.25, 0.3) is 0 Å². The molecule has 0 amide bonds. The Kier molecular flexibility index (Phi) is 3.96. The average molecular weight is 240 g/mol. The number of carbonyl (C=O) groups excluding carboxylic acids is 2. The van der Waals surface area contributed by atoms with Crippen LogP contribution >= 0.6 is 0 Å². The van der Waals surface area contributed by atoms with Crippen molar-refractivity contribution in [1.29, 1.82) is 0 Å². The van der Waals surface area contributed by atoms with E-state index in [4.69, 9.17) is 9.47 Å². The van der Waals surface area contributed by atoms with Crippen LogP contribution < -0.4 is 0 Å². The van der Waals surface area contributed by atoms with Gasteiger partial charge in [-0.2, -0.15) is 0 Å². The Balaban J connectivity index is 3.32. The zero-order valence-electron chi connectivity index (χ0n) is 11.1. The van der Waals surface area contributed by atoms with Crippen LogP contribution in [-0.2, 0) is 19.1 Å². The zero-order valence-corrected chi connectivity index (χ0v) is 11.1. The molecule has 4 heteroatoms. The van der Waals surface area contributed by atoms with Crippen LogP contribution in [0.1, 0.15) is 27.2 Å². The molecule has 0 aromatic heterocycles. The molecule has 0 aromatic rings. The van der Waals surface area contributed by atoms with Crippen molar-refractivity contribution in [2.75, 3.05) is 14.2 Å². The molecule has 0 saturated heterocycles. The van der Waals surface area contributed by atoms with Crippen LogP contribution in [-0.4, -0.2) is 26.2 Å². The molecule has 96 valence electrons. The van der Waals surface area contributed by atoms with Gasteiger partial charge in [0.2, 0.25) is 0 Å². The molecule has 1 rings (SSSR count). The summed E-state index contributed by atoms with van der Waals surface area (Å²) >= 11 is 0. The normalized spacial score (nSPS) is 27.0. The number of carbonyl (C=O) groups is 2. The predicted molar refractivity (Wildman–Crippen MR) is 63.2 cm³/mol. The van der Waals surface area contributed by atoms with Crippen LogP contribution in [0.2, 0.25) is 0 Å². The van der Waals surface area contributed by atoms with E-state index >= 15 is 0 Å². The second-order valence-corrected chi connectivity index (χ2v) is 4.76. The smallest absolute Gasteiger partial charge is 0.324 e. The van der Waals surface area contributed by atoms with Crippen molar-refractivity contribution in [1.82, 2.24) is 0 Å². The van der Waals surface area contributed by atoms with Gasteiger partial charge >= 0.3 is 11.9 Å². The molecule has 0 saturated carbocycles. The summed E-state index contributed by atoms with van der Waals surface area (Å²) in [5.74, 6) is -1.35. The van der Waals surface area contributed by atoms with Gasteiger partial charge in [-0.15, -0.1) is 0 Å². The van der Waals surface area contributed by atoms with Crippen LogP contribution in [0.15, 0.2) is 11.6 Å². The molecular formula is C13H20O4. The van der Waals surface area contributed by atoms with E-state index in [-0.39, 0.29) is 11.8 Å². The SMILES string of the molecule is COC(=O)C1(C(=O)OC)C(C)C=C(C)CC1C. The van der Waals surface area contributed by atoms with Gasteiger partial charge in [0.05, 0.1) is 14.2 Å². The van der Waals surface area contributed by atoms with Crippen LogP contribution in [0.3, 0.4) is 0 Å². The van der Waals surface area contributed by atoms with Crippen LogP contribution in [0.4, 0.5) is 0 Å². The minimum atomic E-state index is -1.21. The Morgan fingerprint density at radius 1 is 1.24 bits per heavy atom. The van der Waals surface area contributed by atoms with Gasteiger partial charge in [0.1, 0.15) is 0 Å². The number of methoxy groups -OCH3 is 2. The number of allylic oxidation sites excluding steroid dienone is 2. The maximum absolute atomic E-state index is 12.1. The van der Waals surface area contributed by atoms with E-state index in [1.54, 1.807) is 0 Å². The van der Waals surface area contributed by atoms with E-state index in [1.807, 2.05) is 26.8 Å². The minimum absolute atomic E-state index is 0.123. The number of rotatable bonds is 2. The summed E-state index contributed by atoms with van der Waals surface area (Å²) < 4.78 is 9.65. The average Bonchev–Trinajstić information content (AvgIpc) is 2.27. The van der Waals surface area contributed by atoms with Gasteiger partial charge in [-0.3, -0.25) is 9.59 Å². The topological polar surface area (TPSA) is 52.6 Å². The van der Waals surface area contributed by atoms with Crippen LogP contribution in [0.25, 0.3) is 0 Å². The summed E-state index contributed by atoms with van der Waals surface area (Å²) in [6.07, 6.45) is 2.66. The molecule has 0 fully saturated rings. The fraction of sp³-hybridized carbons (Fsp3) is 0.692. The van der Waals surface area contributed by atoms with E-state index in [2.05, 4.69) is 0 Å².